The lowest BCUT2D eigenvalue weighted by atomic mass is 10.3. The van der Waals surface area contributed by atoms with Crippen LogP contribution in [0.3, 0.4) is 0 Å². The first kappa shape index (κ1) is 9.68. The minimum atomic E-state index is 0.875. The van der Waals surface area contributed by atoms with Crippen LogP contribution in [0.2, 0.25) is 0 Å². The Labute approximate surface area is 91.6 Å². The van der Waals surface area contributed by atoms with Crippen LogP contribution in [-0.2, 0) is 13.0 Å². The van der Waals surface area contributed by atoms with Crippen molar-refractivity contribution < 1.29 is 0 Å². The molecule has 0 fully saturated rings. The van der Waals surface area contributed by atoms with Gasteiger partial charge in [0.2, 0.25) is 0 Å². The Bertz CT molecular complexity index is 378. The molecule has 0 aliphatic rings. The van der Waals surface area contributed by atoms with Crippen molar-refractivity contribution in [2.24, 2.45) is 0 Å². The molecule has 0 atom stereocenters. The summed E-state index contributed by atoms with van der Waals surface area (Å²) in [6.45, 7) is 3.02. The monoisotopic (exact) mass is 224 g/mol. The van der Waals surface area contributed by atoms with Crippen molar-refractivity contribution in [1.29, 1.82) is 0 Å². The lowest BCUT2D eigenvalue weighted by Crippen LogP contribution is -1.96. The number of anilines is 1. The molecule has 2 rings (SSSR count). The van der Waals surface area contributed by atoms with Gasteiger partial charge < -0.3 is 5.32 Å². The summed E-state index contributed by atoms with van der Waals surface area (Å²) < 4.78 is 0. The highest BCUT2D eigenvalue weighted by molar-refractivity contribution is 7.15. The largest absolute Gasteiger partial charge is 0.357 e. The molecule has 2 aromatic heterocycles. The molecule has 74 valence electrons. The van der Waals surface area contributed by atoms with Gasteiger partial charge >= 0.3 is 0 Å². The van der Waals surface area contributed by atoms with Crippen LogP contribution in [0.4, 0.5) is 5.13 Å². The molecule has 14 heavy (non-hydrogen) atoms. The normalized spacial score (nSPS) is 10.4. The summed E-state index contributed by atoms with van der Waals surface area (Å²) >= 11 is 3.46. The van der Waals surface area contributed by atoms with E-state index >= 15 is 0 Å². The van der Waals surface area contributed by atoms with E-state index in [1.165, 1.54) is 10.4 Å². The van der Waals surface area contributed by atoms with Gasteiger partial charge in [0.05, 0.1) is 0 Å². The van der Waals surface area contributed by atoms with Crippen molar-refractivity contribution in [3.63, 3.8) is 0 Å². The number of rotatable bonds is 4. The molecule has 2 heterocycles. The van der Waals surface area contributed by atoms with Gasteiger partial charge in [0.25, 0.3) is 0 Å². The van der Waals surface area contributed by atoms with E-state index < -0.39 is 0 Å². The molecule has 0 saturated heterocycles. The zero-order valence-corrected chi connectivity index (χ0v) is 9.62. The zero-order valence-electron chi connectivity index (χ0n) is 7.99. The average Bonchev–Trinajstić information content (AvgIpc) is 2.86. The summed E-state index contributed by atoms with van der Waals surface area (Å²) in [5.41, 5.74) is 1.32. The fourth-order valence-corrected chi connectivity index (χ4v) is 2.54. The van der Waals surface area contributed by atoms with Gasteiger partial charge in [0.15, 0.2) is 5.13 Å². The van der Waals surface area contributed by atoms with E-state index in [9.17, 15) is 0 Å². The second-order valence-corrected chi connectivity index (χ2v) is 4.87. The molecular formula is C10H12N2S2. The second kappa shape index (κ2) is 4.57. The molecule has 0 radical (unpaired) electrons. The summed E-state index contributed by atoms with van der Waals surface area (Å²) in [7, 11) is 0. The van der Waals surface area contributed by atoms with E-state index in [0.29, 0.717) is 0 Å². The van der Waals surface area contributed by atoms with E-state index in [1.807, 2.05) is 6.20 Å². The van der Waals surface area contributed by atoms with Gasteiger partial charge in [-0.15, -0.1) is 11.3 Å². The van der Waals surface area contributed by atoms with Gasteiger partial charge in [0, 0.05) is 17.6 Å². The van der Waals surface area contributed by atoms with E-state index in [1.54, 1.807) is 22.7 Å². The molecule has 0 aliphatic carbocycles. The summed E-state index contributed by atoms with van der Waals surface area (Å²) in [4.78, 5) is 5.63. The number of thiazole rings is 1. The molecule has 0 bridgehead atoms. The van der Waals surface area contributed by atoms with Crippen LogP contribution in [0.25, 0.3) is 0 Å². The molecule has 0 aromatic carbocycles. The maximum atomic E-state index is 4.30. The Morgan fingerprint density at radius 3 is 3.07 bits per heavy atom. The number of thiophene rings is 1. The molecule has 0 spiro atoms. The quantitative estimate of drug-likeness (QED) is 0.861. The van der Waals surface area contributed by atoms with Crippen LogP contribution in [-0.4, -0.2) is 4.98 Å². The smallest absolute Gasteiger partial charge is 0.183 e. The number of aryl methyl sites for hydroxylation is 1. The summed E-state index contributed by atoms with van der Waals surface area (Å²) in [6.07, 6.45) is 3.01. The fraction of sp³-hybridized carbons (Fsp3) is 0.300. The summed E-state index contributed by atoms with van der Waals surface area (Å²) in [5.74, 6) is 0. The number of hydrogen-bond donors (Lipinski definition) is 1. The van der Waals surface area contributed by atoms with Crippen LogP contribution in [0.15, 0.2) is 23.0 Å². The van der Waals surface area contributed by atoms with Crippen LogP contribution >= 0.6 is 22.7 Å². The number of hydrogen-bond acceptors (Lipinski definition) is 4. The molecule has 2 nitrogen and oxygen atoms in total. The van der Waals surface area contributed by atoms with Crippen molar-refractivity contribution in [2.45, 2.75) is 19.9 Å². The lowest BCUT2D eigenvalue weighted by molar-refractivity contribution is 1.14. The second-order valence-electron chi connectivity index (χ2n) is 2.97. The highest BCUT2D eigenvalue weighted by Crippen LogP contribution is 2.19. The Hall–Kier alpha value is -0.870. The Morgan fingerprint density at radius 2 is 2.43 bits per heavy atom. The number of aromatic nitrogens is 1. The SMILES string of the molecule is CCc1cnc(NCc2ccsc2)s1. The van der Waals surface area contributed by atoms with E-state index in [0.717, 1.165) is 18.1 Å². The molecular weight excluding hydrogens is 212 g/mol. The molecule has 0 aliphatic heterocycles. The van der Waals surface area contributed by atoms with Gasteiger partial charge in [-0.3, -0.25) is 0 Å². The van der Waals surface area contributed by atoms with Crippen molar-refractivity contribution in [3.8, 4) is 0 Å². The number of nitrogens with one attached hydrogen (secondary N) is 1. The van der Waals surface area contributed by atoms with Crippen molar-refractivity contribution in [3.05, 3.63) is 33.5 Å². The average molecular weight is 224 g/mol. The lowest BCUT2D eigenvalue weighted by Gasteiger charge is -1.98. The van der Waals surface area contributed by atoms with E-state index in [-0.39, 0.29) is 0 Å². The molecule has 4 heteroatoms. The van der Waals surface area contributed by atoms with Crippen LogP contribution in [0.5, 0.6) is 0 Å². The van der Waals surface area contributed by atoms with E-state index in [4.69, 9.17) is 0 Å². The topological polar surface area (TPSA) is 24.9 Å². The van der Waals surface area contributed by atoms with Gasteiger partial charge in [0.1, 0.15) is 0 Å². The van der Waals surface area contributed by atoms with Gasteiger partial charge in [-0.25, -0.2) is 4.98 Å². The minimum absolute atomic E-state index is 0.875. The van der Waals surface area contributed by atoms with Crippen molar-refractivity contribution in [1.82, 2.24) is 4.98 Å². The third-order valence-electron chi connectivity index (χ3n) is 1.93. The fourth-order valence-electron chi connectivity index (χ4n) is 1.12. The Morgan fingerprint density at radius 1 is 1.50 bits per heavy atom. The standard InChI is InChI=1S/C10H12N2S2/c1-2-9-6-12-10(14-9)11-5-8-3-4-13-7-8/h3-4,6-7H,2,5H2,1H3,(H,11,12). The maximum absolute atomic E-state index is 4.30. The first-order valence-electron chi connectivity index (χ1n) is 4.58. The highest BCUT2D eigenvalue weighted by Gasteiger charge is 1.99. The zero-order chi connectivity index (χ0) is 9.80. The molecule has 0 amide bonds. The van der Waals surface area contributed by atoms with Gasteiger partial charge in [-0.2, -0.15) is 11.3 Å². The van der Waals surface area contributed by atoms with Crippen LogP contribution in [0.1, 0.15) is 17.4 Å². The highest BCUT2D eigenvalue weighted by atomic mass is 32.1. The van der Waals surface area contributed by atoms with Gasteiger partial charge in [-0.1, -0.05) is 6.92 Å². The summed E-state index contributed by atoms with van der Waals surface area (Å²) in [5, 5.41) is 8.58. The molecule has 0 unspecified atom stereocenters. The number of nitrogens with zero attached hydrogens (tertiary/aromatic N) is 1. The van der Waals surface area contributed by atoms with E-state index in [2.05, 4.69) is 34.1 Å². The van der Waals surface area contributed by atoms with Gasteiger partial charge in [-0.05, 0) is 28.8 Å². The predicted octanol–water partition coefficient (Wildman–Crippen LogP) is 3.38. The third-order valence-corrected chi connectivity index (χ3v) is 3.76. The van der Waals surface area contributed by atoms with Crippen molar-refractivity contribution >= 4 is 27.8 Å². The molecule has 2 aromatic rings. The summed E-state index contributed by atoms with van der Waals surface area (Å²) in [6, 6.07) is 2.13. The van der Waals surface area contributed by atoms with Crippen LogP contribution in [0, 0.1) is 0 Å². The first-order valence-corrected chi connectivity index (χ1v) is 6.34. The Balaban J connectivity index is 1.92. The molecule has 0 saturated carbocycles. The minimum Gasteiger partial charge on any atom is -0.357 e. The third kappa shape index (κ3) is 2.33. The predicted molar refractivity (Wildman–Crippen MR) is 63.1 cm³/mol. The van der Waals surface area contributed by atoms with Crippen molar-refractivity contribution in [2.75, 3.05) is 5.32 Å². The Kier molecular flexibility index (Phi) is 3.16. The molecule has 1 N–H and O–H groups in total. The maximum Gasteiger partial charge on any atom is 0.183 e. The first-order chi connectivity index (χ1) is 6.88. The van der Waals surface area contributed by atoms with Crippen LogP contribution < -0.4 is 5.32 Å².